The molecule has 0 heterocycles. The topological polar surface area (TPSA) is 59.6 Å². The molecule has 35 heavy (non-hydrogen) atoms. The van der Waals surface area contributed by atoms with Crippen molar-refractivity contribution in [2.24, 2.45) is 0 Å². The van der Waals surface area contributed by atoms with Crippen molar-refractivity contribution in [1.29, 1.82) is 0 Å². The number of methoxy groups -OCH3 is 2. The van der Waals surface area contributed by atoms with E-state index in [1.165, 1.54) is 18.4 Å². The fourth-order valence-electron chi connectivity index (χ4n) is 4.78. The minimum absolute atomic E-state index is 0.0183. The Balaban J connectivity index is 1.97. The summed E-state index contributed by atoms with van der Waals surface area (Å²) in [5, 5.41) is 6.59. The summed E-state index contributed by atoms with van der Waals surface area (Å²) < 4.78 is 11.8. The van der Waals surface area contributed by atoms with Gasteiger partial charge in [0.05, 0.1) is 14.2 Å². The number of hydrogen-bond donors (Lipinski definition) is 2. The largest absolute Gasteiger partial charge is 0.496 e. The molecule has 0 spiro atoms. The molecule has 1 amide bonds. The fraction of sp³-hybridized carbons (Fsp3) is 0.433. The summed E-state index contributed by atoms with van der Waals surface area (Å²) in [6.45, 7) is 10.9. The van der Waals surface area contributed by atoms with E-state index in [1.807, 2.05) is 26.8 Å². The van der Waals surface area contributed by atoms with Crippen LogP contribution in [0.5, 0.6) is 11.5 Å². The zero-order valence-electron chi connectivity index (χ0n) is 22.3. The van der Waals surface area contributed by atoms with Crippen LogP contribution in [0.2, 0.25) is 0 Å². The molecule has 0 aliphatic heterocycles. The monoisotopic (exact) mass is 476 g/mol. The van der Waals surface area contributed by atoms with Crippen molar-refractivity contribution in [1.82, 2.24) is 5.32 Å². The van der Waals surface area contributed by atoms with Gasteiger partial charge in [0, 0.05) is 46.1 Å². The van der Waals surface area contributed by atoms with Gasteiger partial charge in [0.1, 0.15) is 11.5 Å². The minimum Gasteiger partial charge on any atom is -0.496 e. The number of benzene rings is 2. The molecular formula is C30H40N2O3. The maximum absolute atomic E-state index is 12.8. The zero-order chi connectivity index (χ0) is 25.5. The Bertz CT molecular complexity index is 1100. The molecule has 1 aliphatic carbocycles. The van der Waals surface area contributed by atoms with Gasteiger partial charge in [-0.15, -0.1) is 0 Å². The van der Waals surface area contributed by atoms with Crippen LogP contribution < -0.4 is 20.1 Å². The first kappa shape index (κ1) is 26.4. The maximum Gasteiger partial charge on any atom is 0.247 e. The van der Waals surface area contributed by atoms with E-state index in [0.717, 1.165) is 64.4 Å². The minimum atomic E-state index is -0.0183. The third-order valence-electron chi connectivity index (χ3n) is 6.74. The highest BCUT2D eigenvalue weighted by molar-refractivity contribution is 5.98. The van der Waals surface area contributed by atoms with Gasteiger partial charge in [-0.2, -0.15) is 0 Å². The van der Waals surface area contributed by atoms with Gasteiger partial charge in [-0.3, -0.25) is 4.79 Å². The van der Waals surface area contributed by atoms with Gasteiger partial charge < -0.3 is 20.1 Å². The SMILES string of the molecule is COc1c(C)c(-c2ccc(NCC=C(C)C)cc2)c(OC)c(C)c1/C=C(\C)C(=O)NC1CCCC1. The average molecular weight is 477 g/mol. The molecule has 3 rings (SSSR count). The van der Waals surface area contributed by atoms with E-state index in [-0.39, 0.29) is 11.9 Å². The number of amides is 1. The van der Waals surface area contributed by atoms with E-state index < -0.39 is 0 Å². The molecule has 0 saturated heterocycles. The first-order valence-corrected chi connectivity index (χ1v) is 12.5. The molecule has 2 aromatic rings. The number of nitrogens with one attached hydrogen (secondary N) is 2. The molecular weight excluding hydrogens is 436 g/mol. The van der Waals surface area contributed by atoms with Crippen molar-refractivity contribution in [3.63, 3.8) is 0 Å². The predicted octanol–water partition coefficient (Wildman–Crippen LogP) is 6.83. The molecule has 5 nitrogen and oxygen atoms in total. The van der Waals surface area contributed by atoms with Crippen molar-refractivity contribution in [3.05, 3.63) is 58.2 Å². The van der Waals surface area contributed by atoms with Crippen molar-refractivity contribution in [2.75, 3.05) is 26.1 Å². The van der Waals surface area contributed by atoms with Gasteiger partial charge in [-0.05, 0) is 71.2 Å². The zero-order valence-corrected chi connectivity index (χ0v) is 22.3. The summed E-state index contributed by atoms with van der Waals surface area (Å²) in [6, 6.07) is 8.65. The van der Waals surface area contributed by atoms with Gasteiger partial charge in [-0.25, -0.2) is 0 Å². The molecule has 0 unspecified atom stereocenters. The third kappa shape index (κ3) is 6.27. The van der Waals surface area contributed by atoms with E-state index in [4.69, 9.17) is 9.47 Å². The number of ether oxygens (including phenoxy) is 2. The van der Waals surface area contributed by atoms with Gasteiger partial charge >= 0.3 is 0 Å². The molecule has 1 aliphatic rings. The highest BCUT2D eigenvalue weighted by Crippen LogP contribution is 2.44. The summed E-state index contributed by atoms with van der Waals surface area (Å²) in [5.41, 5.74) is 7.89. The number of carbonyl (C=O) groups excluding carboxylic acids is 1. The molecule has 0 bridgehead atoms. The lowest BCUT2D eigenvalue weighted by Crippen LogP contribution is -2.33. The highest BCUT2D eigenvalue weighted by Gasteiger charge is 2.23. The normalized spacial score (nSPS) is 14.0. The lowest BCUT2D eigenvalue weighted by molar-refractivity contribution is -0.118. The average Bonchev–Trinajstić information content (AvgIpc) is 3.34. The van der Waals surface area contributed by atoms with Crippen LogP contribution in [0.25, 0.3) is 17.2 Å². The molecule has 0 atom stereocenters. The predicted molar refractivity (Wildman–Crippen MR) is 146 cm³/mol. The van der Waals surface area contributed by atoms with Gasteiger partial charge in [0.25, 0.3) is 0 Å². The van der Waals surface area contributed by atoms with Crippen LogP contribution in [-0.2, 0) is 4.79 Å². The van der Waals surface area contributed by atoms with Crippen LogP contribution in [0.15, 0.2) is 41.5 Å². The van der Waals surface area contributed by atoms with Crippen molar-refractivity contribution >= 4 is 17.7 Å². The number of anilines is 1. The Morgan fingerprint density at radius 2 is 1.60 bits per heavy atom. The second kappa shape index (κ2) is 12.0. The molecule has 2 aromatic carbocycles. The Morgan fingerprint density at radius 1 is 0.971 bits per heavy atom. The molecule has 5 heteroatoms. The second-order valence-corrected chi connectivity index (χ2v) is 9.63. The second-order valence-electron chi connectivity index (χ2n) is 9.63. The first-order valence-electron chi connectivity index (χ1n) is 12.5. The Labute approximate surface area is 210 Å². The summed E-state index contributed by atoms with van der Waals surface area (Å²) in [4.78, 5) is 12.8. The number of carbonyl (C=O) groups is 1. The Kier molecular flexibility index (Phi) is 9.02. The number of hydrogen-bond acceptors (Lipinski definition) is 4. The van der Waals surface area contributed by atoms with Crippen LogP contribution in [0, 0.1) is 13.8 Å². The lowest BCUT2D eigenvalue weighted by Gasteiger charge is -2.22. The Morgan fingerprint density at radius 3 is 2.17 bits per heavy atom. The summed E-state index contributed by atoms with van der Waals surface area (Å²) in [5.74, 6) is 1.54. The summed E-state index contributed by atoms with van der Waals surface area (Å²) >= 11 is 0. The van der Waals surface area contributed by atoms with E-state index >= 15 is 0 Å². The molecule has 1 fully saturated rings. The van der Waals surface area contributed by atoms with Gasteiger partial charge in [0.15, 0.2) is 0 Å². The van der Waals surface area contributed by atoms with Crippen LogP contribution in [0.1, 0.15) is 63.1 Å². The third-order valence-corrected chi connectivity index (χ3v) is 6.74. The molecule has 1 saturated carbocycles. The standard InChI is InChI=1S/C30H40N2O3/c1-19(2)16-17-31-24-14-12-23(13-15-24)27-22(5)28(34-6)26(21(4)29(27)35-7)18-20(3)30(33)32-25-10-8-9-11-25/h12-16,18,25,31H,8-11,17H2,1-7H3,(H,32,33)/b20-18+. The summed E-state index contributed by atoms with van der Waals surface area (Å²) in [7, 11) is 3.37. The fourth-order valence-corrected chi connectivity index (χ4v) is 4.78. The lowest BCUT2D eigenvalue weighted by atomic mass is 9.91. The molecule has 0 aromatic heterocycles. The van der Waals surface area contributed by atoms with Gasteiger partial charge in [-0.1, -0.05) is 36.6 Å². The van der Waals surface area contributed by atoms with Crippen molar-refractivity contribution in [2.45, 2.75) is 66.3 Å². The Hall–Kier alpha value is -3.21. The van der Waals surface area contributed by atoms with E-state index in [1.54, 1.807) is 14.2 Å². The molecule has 2 N–H and O–H groups in total. The number of rotatable bonds is 9. The molecule has 188 valence electrons. The van der Waals surface area contributed by atoms with E-state index in [0.29, 0.717) is 5.57 Å². The number of allylic oxidation sites excluding steroid dienone is 1. The quantitative estimate of drug-likeness (QED) is 0.308. The van der Waals surface area contributed by atoms with Crippen LogP contribution in [0.4, 0.5) is 5.69 Å². The highest BCUT2D eigenvalue weighted by atomic mass is 16.5. The van der Waals surface area contributed by atoms with E-state index in [2.05, 4.69) is 54.8 Å². The van der Waals surface area contributed by atoms with Gasteiger partial charge in [0.2, 0.25) is 5.91 Å². The van der Waals surface area contributed by atoms with Crippen molar-refractivity contribution in [3.8, 4) is 22.6 Å². The van der Waals surface area contributed by atoms with E-state index in [9.17, 15) is 4.79 Å². The van der Waals surface area contributed by atoms with Crippen molar-refractivity contribution < 1.29 is 14.3 Å². The smallest absolute Gasteiger partial charge is 0.247 e. The van der Waals surface area contributed by atoms with Crippen LogP contribution >= 0.6 is 0 Å². The maximum atomic E-state index is 12.8. The molecule has 0 radical (unpaired) electrons. The first-order chi connectivity index (χ1) is 16.8. The van der Waals surface area contributed by atoms with Crippen LogP contribution in [-0.4, -0.2) is 32.7 Å². The summed E-state index contributed by atoms with van der Waals surface area (Å²) in [6.07, 6.45) is 8.58. The van der Waals surface area contributed by atoms with Crippen LogP contribution in [0.3, 0.4) is 0 Å².